The third-order valence-electron chi connectivity index (χ3n) is 5.99. The molecule has 0 unspecified atom stereocenters. The van der Waals surface area contributed by atoms with E-state index in [0.29, 0.717) is 13.0 Å². The van der Waals surface area contributed by atoms with Crippen molar-refractivity contribution in [1.82, 2.24) is 0 Å². The topological polar surface area (TPSA) is 144 Å². The van der Waals surface area contributed by atoms with Crippen LogP contribution in [0.15, 0.2) is 23.1 Å². The predicted octanol–water partition coefficient (Wildman–Crippen LogP) is 8.34. The molecule has 9 nitrogen and oxygen atoms in total. The van der Waals surface area contributed by atoms with Crippen molar-refractivity contribution in [2.75, 3.05) is 6.61 Å². The molecule has 0 aliphatic rings. The lowest BCUT2D eigenvalue weighted by atomic mass is 10.0. The van der Waals surface area contributed by atoms with Gasteiger partial charge in [-0.25, -0.2) is 0 Å². The summed E-state index contributed by atoms with van der Waals surface area (Å²) < 4.78 is 36.7. The Labute approximate surface area is 236 Å². The molecule has 0 spiro atoms. The van der Waals surface area contributed by atoms with Crippen LogP contribution in [0, 0.1) is 10.1 Å². The highest BCUT2D eigenvalue weighted by molar-refractivity contribution is 9.10. The Balaban J connectivity index is 0.00000147. The molecule has 0 saturated carbocycles. The fourth-order valence-electron chi connectivity index (χ4n) is 3.78. The average Bonchev–Trinajstić information content (AvgIpc) is 2.86. The van der Waals surface area contributed by atoms with Gasteiger partial charge in [-0.05, 0) is 25.0 Å². The molecule has 0 aliphatic heterocycles. The Morgan fingerprint density at radius 3 is 1.76 bits per heavy atom. The number of halogens is 1. The van der Waals surface area contributed by atoms with Crippen molar-refractivity contribution >= 4 is 37.7 Å². The Bertz CT molecular complexity index is 895. The normalized spacial score (nSPS) is 11.9. The summed E-state index contributed by atoms with van der Waals surface area (Å²) in [4.78, 5) is 19.6. The highest BCUT2D eigenvalue weighted by Crippen LogP contribution is 2.30. The first-order chi connectivity index (χ1) is 18.0. The molecule has 1 atom stereocenters. The Hall–Kier alpha value is -1.72. The minimum absolute atomic E-state index is 0.0158. The maximum atomic E-state index is 11.1. The standard InChI is InChI=1S/C22H37NO6S.C5H9BrO2/c1-2-3-4-5-6-7-8-9-10-11-12-13-14-15-18-29-22-17-16-20(30(26,27)28)19-21(22)23(24)25;1-2-3-4(6)5(7)8/h16-17,19H,2-15,18H2,1H3,(H,26,27,28);4H,2-3H2,1H3,(H,7,8)/t;4-/m.1/s1. The molecule has 0 bridgehead atoms. The van der Waals surface area contributed by atoms with Crippen molar-refractivity contribution in [3.63, 3.8) is 0 Å². The van der Waals surface area contributed by atoms with E-state index < -0.39 is 31.6 Å². The summed E-state index contributed by atoms with van der Waals surface area (Å²) in [5, 5.41) is 19.4. The summed E-state index contributed by atoms with van der Waals surface area (Å²) in [5.41, 5.74) is -0.463. The van der Waals surface area contributed by atoms with Gasteiger partial charge >= 0.3 is 11.7 Å². The number of carbonyl (C=O) groups is 1. The van der Waals surface area contributed by atoms with E-state index in [-0.39, 0.29) is 10.6 Å². The lowest BCUT2D eigenvalue weighted by molar-refractivity contribution is -0.386. The monoisotopic (exact) mass is 623 g/mol. The second-order valence-electron chi connectivity index (χ2n) is 9.40. The zero-order valence-corrected chi connectivity index (χ0v) is 25.3. The van der Waals surface area contributed by atoms with Crippen molar-refractivity contribution in [3.8, 4) is 5.75 Å². The van der Waals surface area contributed by atoms with Gasteiger partial charge < -0.3 is 9.84 Å². The van der Waals surface area contributed by atoms with E-state index in [1.54, 1.807) is 0 Å². The van der Waals surface area contributed by atoms with Crippen LogP contribution in [-0.2, 0) is 14.9 Å². The number of aliphatic carboxylic acids is 1. The van der Waals surface area contributed by atoms with Crippen LogP contribution < -0.4 is 4.74 Å². The first-order valence-electron chi connectivity index (χ1n) is 13.8. The third-order valence-corrected chi connectivity index (χ3v) is 7.69. The predicted molar refractivity (Wildman–Crippen MR) is 154 cm³/mol. The van der Waals surface area contributed by atoms with Crippen LogP contribution >= 0.6 is 15.9 Å². The van der Waals surface area contributed by atoms with Crippen molar-refractivity contribution in [2.45, 2.75) is 126 Å². The van der Waals surface area contributed by atoms with Gasteiger partial charge in [0.05, 0.1) is 11.5 Å². The zero-order chi connectivity index (χ0) is 28.8. The molecule has 38 heavy (non-hydrogen) atoms. The van der Waals surface area contributed by atoms with E-state index in [2.05, 4.69) is 22.9 Å². The largest absolute Gasteiger partial charge is 0.487 e. The number of carboxylic acid groups (broad SMARTS) is 1. The number of nitro groups is 1. The summed E-state index contributed by atoms with van der Waals surface area (Å²) in [6, 6.07) is 3.13. The fraction of sp³-hybridized carbons (Fsp3) is 0.741. The first-order valence-corrected chi connectivity index (χ1v) is 16.2. The number of rotatable bonds is 21. The molecule has 1 rings (SSSR count). The van der Waals surface area contributed by atoms with Crippen LogP contribution in [0.3, 0.4) is 0 Å². The number of alkyl halides is 1. The van der Waals surface area contributed by atoms with Crippen molar-refractivity contribution in [2.24, 2.45) is 0 Å². The SMILES string of the molecule is CCCCCCCCCCCCCCCCOc1ccc(S(=O)(=O)O)cc1[N+](=O)[O-].CCC[C@@H](Br)C(=O)O. The number of ether oxygens (including phenoxy) is 1. The van der Waals surface area contributed by atoms with Gasteiger partial charge in [0.2, 0.25) is 0 Å². The number of hydrogen-bond donors (Lipinski definition) is 2. The summed E-state index contributed by atoms with van der Waals surface area (Å²) in [7, 11) is -4.49. The van der Waals surface area contributed by atoms with Crippen LogP contribution in [0.1, 0.15) is 117 Å². The number of nitro benzene ring substituents is 1. The summed E-state index contributed by atoms with van der Waals surface area (Å²) in [5.74, 6) is -0.756. The molecule has 1 aromatic rings. The van der Waals surface area contributed by atoms with Crippen molar-refractivity contribution < 1.29 is 32.5 Å². The van der Waals surface area contributed by atoms with Gasteiger partial charge in [-0.3, -0.25) is 19.5 Å². The number of unbranched alkanes of at least 4 members (excludes halogenated alkanes) is 13. The second-order valence-corrected chi connectivity index (χ2v) is 11.9. The van der Waals surface area contributed by atoms with Gasteiger partial charge in [0.25, 0.3) is 10.1 Å². The number of hydrogen-bond acceptors (Lipinski definition) is 6. The maximum absolute atomic E-state index is 11.1. The van der Waals surface area contributed by atoms with Gasteiger partial charge in [0.15, 0.2) is 5.75 Å². The fourth-order valence-corrected chi connectivity index (χ4v) is 4.74. The first kappa shape index (κ1) is 36.3. The quantitative estimate of drug-likeness (QED) is 0.0457. The molecule has 0 aliphatic carbocycles. The second kappa shape index (κ2) is 22.1. The van der Waals surface area contributed by atoms with Crippen LogP contribution in [0.2, 0.25) is 0 Å². The molecule has 11 heteroatoms. The Morgan fingerprint density at radius 2 is 1.39 bits per heavy atom. The maximum Gasteiger partial charge on any atom is 0.317 e. The average molecular weight is 625 g/mol. The van der Waals surface area contributed by atoms with E-state index in [1.165, 1.54) is 76.7 Å². The van der Waals surface area contributed by atoms with Crippen LogP contribution in [-0.4, -0.2) is 40.4 Å². The van der Waals surface area contributed by atoms with Gasteiger partial charge in [-0.1, -0.05) is 120 Å². The number of nitrogens with zero attached hydrogens (tertiary/aromatic N) is 1. The van der Waals surface area contributed by atoms with E-state index >= 15 is 0 Å². The van der Waals surface area contributed by atoms with E-state index in [4.69, 9.17) is 14.4 Å². The molecular weight excluding hydrogens is 578 g/mol. The van der Waals surface area contributed by atoms with E-state index in [9.17, 15) is 23.3 Å². The minimum Gasteiger partial charge on any atom is -0.487 e. The molecule has 0 amide bonds. The lowest BCUT2D eigenvalue weighted by Gasteiger charge is -2.08. The molecule has 2 N–H and O–H groups in total. The summed E-state index contributed by atoms with van der Waals surface area (Å²) in [6.07, 6.45) is 19.1. The molecule has 0 heterocycles. The van der Waals surface area contributed by atoms with Crippen LogP contribution in [0.4, 0.5) is 5.69 Å². The van der Waals surface area contributed by atoms with E-state index in [0.717, 1.165) is 37.8 Å². The van der Waals surface area contributed by atoms with Gasteiger partial charge in [-0.15, -0.1) is 0 Å². The highest BCUT2D eigenvalue weighted by Gasteiger charge is 2.20. The van der Waals surface area contributed by atoms with Gasteiger partial charge in [0.1, 0.15) is 9.72 Å². The molecule has 0 radical (unpaired) electrons. The highest BCUT2D eigenvalue weighted by atomic mass is 79.9. The minimum atomic E-state index is -4.49. The number of benzene rings is 1. The molecular formula is C27H46BrNO8S. The Morgan fingerprint density at radius 1 is 0.921 bits per heavy atom. The zero-order valence-electron chi connectivity index (χ0n) is 22.9. The molecule has 0 saturated heterocycles. The van der Waals surface area contributed by atoms with Crippen molar-refractivity contribution in [3.05, 3.63) is 28.3 Å². The van der Waals surface area contributed by atoms with Crippen LogP contribution in [0.25, 0.3) is 0 Å². The number of carboxylic acids is 1. The van der Waals surface area contributed by atoms with Gasteiger partial charge in [-0.2, -0.15) is 8.42 Å². The summed E-state index contributed by atoms with van der Waals surface area (Å²) >= 11 is 3.00. The Kier molecular flexibility index (Phi) is 21.1. The molecule has 1 aromatic carbocycles. The van der Waals surface area contributed by atoms with Crippen LogP contribution in [0.5, 0.6) is 5.75 Å². The molecule has 0 aromatic heterocycles. The lowest BCUT2D eigenvalue weighted by Crippen LogP contribution is -2.11. The molecule has 220 valence electrons. The van der Waals surface area contributed by atoms with Crippen molar-refractivity contribution in [1.29, 1.82) is 0 Å². The van der Waals surface area contributed by atoms with Gasteiger partial charge in [0, 0.05) is 6.07 Å². The van der Waals surface area contributed by atoms with E-state index in [1.807, 2.05) is 6.92 Å². The summed E-state index contributed by atoms with van der Waals surface area (Å²) in [6.45, 7) is 4.54. The molecule has 0 fully saturated rings. The third kappa shape index (κ3) is 18.5. The smallest absolute Gasteiger partial charge is 0.317 e.